The minimum Gasteiger partial charge on any atom is -0.493 e. The third kappa shape index (κ3) is 3.88. The Hall–Kier alpha value is -3.19. The quantitative estimate of drug-likeness (QED) is 0.616. The Kier molecular flexibility index (Phi) is 6.02. The molecule has 0 bridgehead atoms. The van der Waals surface area contributed by atoms with Crippen molar-refractivity contribution in [1.82, 2.24) is 4.90 Å². The lowest BCUT2D eigenvalue weighted by Gasteiger charge is -2.31. The van der Waals surface area contributed by atoms with E-state index in [4.69, 9.17) is 23.7 Å². The molecule has 0 radical (unpaired) electrons. The predicted octanol–water partition coefficient (Wildman–Crippen LogP) is 4.44. The largest absolute Gasteiger partial charge is 0.493 e. The standard InChI is InChI=1S/C25H29NO6/c1-14(2)11-26-12-17-18(31-13-26)7-15(3)22-23(27)19(32-24(17)22)8-16-9-20(28-4)25(30-6)21(10-16)29-5/h7-10,14H,11-13H2,1-6H3/b19-8-. The molecule has 0 amide bonds. The van der Waals surface area contributed by atoms with Crippen LogP contribution in [0.4, 0.5) is 0 Å². The summed E-state index contributed by atoms with van der Waals surface area (Å²) in [6.45, 7) is 8.38. The normalized spacial score (nSPS) is 16.5. The molecule has 0 unspecified atom stereocenters. The van der Waals surface area contributed by atoms with Gasteiger partial charge in [0.2, 0.25) is 11.5 Å². The maximum atomic E-state index is 13.3. The molecule has 0 aliphatic carbocycles. The molecule has 4 rings (SSSR count). The molecule has 2 aromatic carbocycles. The number of carbonyl (C=O) groups excluding carboxylic acids is 1. The number of ketones is 1. The van der Waals surface area contributed by atoms with Crippen molar-refractivity contribution in [1.29, 1.82) is 0 Å². The number of allylic oxidation sites excluding steroid dienone is 1. The second-order valence-corrected chi connectivity index (χ2v) is 8.45. The molecule has 32 heavy (non-hydrogen) atoms. The predicted molar refractivity (Wildman–Crippen MR) is 121 cm³/mol. The minimum absolute atomic E-state index is 0.143. The van der Waals surface area contributed by atoms with Crippen LogP contribution < -0.4 is 23.7 Å². The lowest BCUT2D eigenvalue weighted by atomic mass is 9.98. The van der Waals surface area contributed by atoms with Crippen molar-refractivity contribution in [2.24, 2.45) is 5.92 Å². The first kappa shape index (κ1) is 22.0. The van der Waals surface area contributed by atoms with Crippen molar-refractivity contribution in [3.8, 4) is 28.7 Å². The highest BCUT2D eigenvalue weighted by Crippen LogP contribution is 2.45. The van der Waals surface area contributed by atoms with Crippen LogP contribution in [0.5, 0.6) is 28.7 Å². The molecule has 2 aliphatic rings. The number of ether oxygens (including phenoxy) is 5. The Balaban J connectivity index is 1.73. The van der Waals surface area contributed by atoms with Gasteiger partial charge in [0, 0.05) is 13.1 Å². The van der Waals surface area contributed by atoms with E-state index in [0.717, 1.165) is 23.4 Å². The molecule has 170 valence electrons. The van der Waals surface area contributed by atoms with Gasteiger partial charge in [0.05, 0.1) is 32.5 Å². The zero-order chi connectivity index (χ0) is 23.0. The van der Waals surface area contributed by atoms with Crippen molar-refractivity contribution >= 4 is 11.9 Å². The van der Waals surface area contributed by atoms with Gasteiger partial charge in [-0.05, 0) is 48.2 Å². The second kappa shape index (κ2) is 8.74. The molecule has 2 aliphatic heterocycles. The highest BCUT2D eigenvalue weighted by Gasteiger charge is 2.35. The number of rotatable bonds is 6. The number of hydrogen-bond donors (Lipinski definition) is 0. The zero-order valence-corrected chi connectivity index (χ0v) is 19.4. The van der Waals surface area contributed by atoms with Crippen LogP contribution in [-0.4, -0.2) is 45.3 Å². The average molecular weight is 440 g/mol. The molecule has 0 spiro atoms. The monoisotopic (exact) mass is 439 g/mol. The molecular formula is C25H29NO6. The first-order valence-corrected chi connectivity index (χ1v) is 10.6. The van der Waals surface area contributed by atoms with Crippen molar-refractivity contribution in [3.05, 3.63) is 46.2 Å². The summed E-state index contributed by atoms with van der Waals surface area (Å²) in [6, 6.07) is 5.50. The summed E-state index contributed by atoms with van der Waals surface area (Å²) in [6.07, 6.45) is 1.70. The van der Waals surface area contributed by atoms with Gasteiger partial charge in [0.25, 0.3) is 0 Å². The molecule has 0 saturated heterocycles. The lowest BCUT2D eigenvalue weighted by molar-refractivity contribution is 0.0831. The molecule has 2 heterocycles. The van der Waals surface area contributed by atoms with E-state index in [9.17, 15) is 4.79 Å². The van der Waals surface area contributed by atoms with E-state index in [0.29, 0.717) is 53.3 Å². The van der Waals surface area contributed by atoms with Gasteiger partial charge >= 0.3 is 0 Å². The Morgan fingerprint density at radius 1 is 1.09 bits per heavy atom. The fourth-order valence-corrected chi connectivity index (χ4v) is 4.25. The van der Waals surface area contributed by atoms with E-state index in [1.54, 1.807) is 39.5 Å². The van der Waals surface area contributed by atoms with Gasteiger partial charge in [0.1, 0.15) is 18.2 Å². The summed E-state index contributed by atoms with van der Waals surface area (Å²) in [7, 11) is 4.66. The van der Waals surface area contributed by atoms with E-state index in [1.807, 2.05) is 13.0 Å². The number of carbonyl (C=O) groups is 1. The fourth-order valence-electron chi connectivity index (χ4n) is 4.25. The summed E-state index contributed by atoms with van der Waals surface area (Å²) >= 11 is 0. The number of methoxy groups -OCH3 is 3. The SMILES string of the molecule is COc1cc(/C=C2\Oc3c4c(cc(C)c3C2=O)OCN(CC(C)C)C4)cc(OC)c1OC. The van der Waals surface area contributed by atoms with E-state index < -0.39 is 0 Å². The average Bonchev–Trinajstić information content (AvgIpc) is 3.09. The van der Waals surface area contributed by atoms with Crippen molar-refractivity contribution in [2.45, 2.75) is 27.3 Å². The van der Waals surface area contributed by atoms with Crippen LogP contribution in [0.15, 0.2) is 24.0 Å². The van der Waals surface area contributed by atoms with Crippen LogP contribution in [0, 0.1) is 12.8 Å². The van der Waals surface area contributed by atoms with Crippen LogP contribution in [-0.2, 0) is 6.54 Å². The van der Waals surface area contributed by atoms with Crippen LogP contribution in [0.25, 0.3) is 6.08 Å². The van der Waals surface area contributed by atoms with Crippen molar-refractivity contribution < 1.29 is 28.5 Å². The zero-order valence-electron chi connectivity index (χ0n) is 19.4. The first-order chi connectivity index (χ1) is 15.4. The van der Waals surface area contributed by atoms with Crippen molar-refractivity contribution in [3.63, 3.8) is 0 Å². The van der Waals surface area contributed by atoms with Gasteiger partial charge in [-0.25, -0.2) is 0 Å². The maximum absolute atomic E-state index is 13.3. The van der Waals surface area contributed by atoms with Gasteiger partial charge in [-0.1, -0.05) is 13.8 Å². The van der Waals surface area contributed by atoms with Crippen molar-refractivity contribution in [2.75, 3.05) is 34.6 Å². The van der Waals surface area contributed by atoms with E-state index in [1.165, 1.54) is 0 Å². The summed E-state index contributed by atoms with van der Waals surface area (Å²) in [5.41, 5.74) is 3.06. The van der Waals surface area contributed by atoms with Gasteiger partial charge in [-0.15, -0.1) is 0 Å². The third-order valence-electron chi connectivity index (χ3n) is 5.60. The molecule has 7 heteroatoms. The molecule has 0 aromatic heterocycles. The number of nitrogens with zero attached hydrogens (tertiary/aromatic N) is 1. The number of fused-ring (bicyclic) bond motifs is 3. The lowest BCUT2D eigenvalue weighted by Crippen LogP contribution is -2.35. The Bertz CT molecular complexity index is 1060. The van der Waals surface area contributed by atoms with Gasteiger partial charge in [-0.2, -0.15) is 0 Å². The fraction of sp³-hybridized carbons (Fsp3) is 0.400. The minimum atomic E-state index is -0.143. The highest BCUT2D eigenvalue weighted by molar-refractivity contribution is 6.16. The smallest absolute Gasteiger partial charge is 0.232 e. The molecule has 7 nitrogen and oxygen atoms in total. The number of benzene rings is 2. The number of aryl methyl sites for hydroxylation is 1. The summed E-state index contributed by atoms with van der Waals surface area (Å²) in [5, 5.41) is 0. The van der Waals surface area contributed by atoms with E-state index in [2.05, 4.69) is 18.7 Å². The highest BCUT2D eigenvalue weighted by atomic mass is 16.5. The van der Waals surface area contributed by atoms with E-state index in [-0.39, 0.29) is 11.5 Å². The topological polar surface area (TPSA) is 66.5 Å². The summed E-state index contributed by atoms with van der Waals surface area (Å²) in [4.78, 5) is 15.5. The molecule has 0 N–H and O–H groups in total. The molecule has 0 atom stereocenters. The molecule has 2 aromatic rings. The third-order valence-corrected chi connectivity index (χ3v) is 5.60. The summed E-state index contributed by atoms with van der Waals surface area (Å²) in [5.74, 6) is 3.51. The Morgan fingerprint density at radius 2 is 1.78 bits per heavy atom. The molecule has 0 saturated carbocycles. The molecular weight excluding hydrogens is 410 g/mol. The number of hydrogen-bond acceptors (Lipinski definition) is 7. The molecule has 0 fully saturated rings. The van der Waals surface area contributed by atoms with Crippen LogP contribution in [0.2, 0.25) is 0 Å². The van der Waals surface area contributed by atoms with Crippen LogP contribution in [0.3, 0.4) is 0 Å². The van der Waals surface area contributed by atoms with Gasteiger partial charge in [0.15, 0.2) is 17.3 Å². The van der Waals surface area contributed by atoms with Gasteiger partial charge < -0.3 is 23.7 Å². The Morgan fingerprint density at radius 3 is 2.38 bits per heavy atom. The van der Waals surface area contributed by atoms with Gasteiger partial charge in [-0.3, -0.25) is 9.69 Å². The van der Waals surface area contributed by atoms with Crippen LogP contribution >= 0.6 is 0 Å². The van der Waals surface area contributed by atoms with E-state index >= 15 is 0 Å². The Labute approximate surface area is 188 Å². The maximum Gasteiger partial charge on any atom is 0.232 e. The summed E-state index contributed by atoms with van der Waals surface area (Å²) < 4.78 is 28.4. The second-order valence-electron chi connectivity index (χ2n) is 8.45. The number of Topliss-reactive ketones (excluding diaryl/α,β-unsaturated/α-hetero) is 1. The van der Waals surface area contributed by atoms with Crippen LogP contribution in [0.1, 0.15) is 40.9 Å². The first-order valence-electron chi connectivity index (χ1n) is 10.6.